The molecule has 1 aliphatic heterocycles. The molecule has 21 heavy (non-hydrogen) atoms. The van der Waals surface area contributed by atoms with Crippen molar-refractivity contribution in [2.45, 2.75) is 45.1 Å². The van der Waals surface area contributed by atoms with E-state index in [9.17, 15) is 0 Å². The molecule has 0 N–H and O–H groups in total. The second-order valence-corrected chi connectivity index (χ2v) is 7.32. The van der Waals surface area contributed by atoms with Gasteiger partial charge in [-0.25, -0.2) is 0 Å². The van der Waals surface area contributed by atoms with Gasteiger partial charge in [0.1, 0.15) is 5.75 Å². The quantitative estimate of drug-likeness (QED) is 0.847. The van der Waals surface area contributed by atoms with Crippen LogP contribution in [0.2, 0.25) is 0 Å². The lowest BCUT2D eigenvalue weighted by Crippen LogP contribution is -2.42. The smallest absolute Gasteiger partial charge is 0.142 e. The Balaban J connectivity index is 2.17. The Labute approximate surface area is 129 Å². The molecule has 0 bridgehead atoms. The SMILES string of the molecule is COc1cc(C(C)(C)C)ccc1N1CCC(N(C)C)CC1. The van der Waals surface area contributed by atoms with Crippen LogP contribution in [0.1, 0.15) is 39.2 Å². The second kappa shape index (κ2) is 6.27. The summed E-state index contributed by atoms with van der Waals surface area (Å²) in [4.78, 5) is 4.81. The number of benzene rings is 1. The summed E-state index contributed by atoms with van der Waals surface area (Å²) in [7, 11) is 6.13. The minimum absolute atomic E-state index is 0.156. The summed E-state index contributed by atoms with van der Waals surface area (Å²) in [5, 5.41) is 0. The predicted octanol–water partition coefficient (Wildman–Crippen LogP) is 3.52. The summed E-state index contributed by atoms with van der Waals surface area (Å²) < 4.78 is 5.66. The molecule has 1 saturated heterocycles. The van der Waals surface area contributed by atoms with Crippen molar-refractivity contribution >= 4 is 5.69 Å². The lowest BCUT2D eigenvalue weighted by Gasteiger charge is -2.37. The molecule has 0 saturated carbocycles. The molecule has 0 radical (unpaired) electrons. The third-order valence-electron chi connectivity index (χ3n) is 4.58. The maximum absolute atomic E-state index is 5.66. The average molecular weight is 290 g/mol. The molecule has 0 atom stereocenters. The van der Waals surface area contributed by atoms with Gasteiger partial charge in [0.15, 0.2) is 0 Å². The third kappa shape index (κ3) is 3.70. The maximum atomic E-state index is 5.66. The Morgan fingerprint density at radius 3 is 2.24 bits per heavy atom. The number of anilines is 1. The molecule has 1 heterocycles. The topological polar surface area (TPSA) is 15.7 Å². The first kappa shape index (κ1) is 16.2. The largest absolute Gasteiger partial charge is 0.495 e. The molecule has 1 aliphatic rings. The maximum Gasteiger partial charge on any atom is 0.142 e. The number of rotatable bonds is 3. The lowest BCUT2D eigenvalue weighted by molar-refractivity contribution is 0.249. The minimum atomic E-state index is 0.156. The van der Waals surface area contributed by atoms with Crippen molar-refractivity contribution in [1.82, 2.24) is 4.90 Å². The van der Waals surface area contributed by atoms with Crippen molar-refractivity contribution < 1.29 is 4.74 Å². The Bertz CT molecular complexity index is 469. The highest BCUT2D eigenvalue weighted by molar-refractivity contribution is 5.60. The molecule has 2 rings (SSSR count). The van der Waals surface area contributed by atoms with E-state index in [1.54, 1.807) is 7.11 Å². The summed E-state index contributed by atoms with van der Waals surface area (Å²) in [6, 6.07) is 7.39. The average Bonchev–Trinajstić information content (AvgIpc) is 2.45. The van der Waals surface area contributed by atoms with Gasteiger partial charge in [0.05, 0.1) is 12.8 Å². The fourth-order valence-electron chi connectivity index (χ4n) is 3.03. The zero-order valence-electron chi connectivity index (χ0n) is 14.4. The number of nitrogens with zero attached hydrogens (tertiary/aromatic N) is 2. The van der Waals surface area contributed by atoms with Crippen molar-refractivity contribution in [2.24, 2.45) is 0 Å². The number of methoxy groups -OCH3 is 1. The molecular formula is C18H30N2O. The van der Waals surface area contributed by atoms with E-state index in [1.165, 1.54) is 24.1 Å². The van der Waals surface area contributed by atoms with Crippen molar-refractivity contribution in [1.29, 1.82) is 0 Å². The first-order chi connectivity index (χ1) is 9.82. The van der Waals surface area contributed by atoms with E-state index in [-0.39, 0.29) is 5.41 Å². The van der Waals surface area contributed by atoms with Crippen LogP contribution in [0.4, 0.5) is 5.69 Å². The number of ether oxygens (including phenoxy) is 1. The number of hydrogen-bond acceptors (Lipinski definition) is 3. The van der Waals surface area contributed by atoms with Gasteiger partial charge in [0.25, 0.3) is 0 Å². The Kier molecular flexibility index (Phi) is 4.82. The van der Waals surface area contributed by atoms with E-state index in [4.69, 9.17) is 4.74 Å². The van der Waals surface area contributed by atoms with Gasteiger partial charge in [0, 0.05) is 19.1 Å². The normalized spacial score (nSPS) is 17.4. The van der Waals surface area contributed by atoms with Crippen LogP contribution in [0.3, 0.4) is 0 Å². The van der Waals surface area contributed by atoms with Crippen molar-refractivity contribution in [3.05, 3.63) is 23.8 Å². The Hall–Kier alpha value is -1.22. The molecule has 0 unspecified atom stereocenters. The van der Waals surface area contributed by atoms with Gasteiger partial charge in [-0.05, 0) is 50.0 Å². The van der Waals surface area contributed by atoms with Gasteiger partial charge < -0.3 is 14.5 Å². The van der Waals surface area contributed by atoms with Gasteiger partial charge in [-0.15, -0.1) is 0 Å². The van der Waals surface area contributed by atoms with Crippen molar-refractivity contribution in [3.8, 4) is 5.75 Å². The van der Waals surface area contributed by atoms with Crippen LogP contribution in [0.15, 0.2) is 18.2 Å². The highest BCUT2D eigenvalue weighted by Gasteiger charge is 2.23. The van der Waals surface area contributed by atoms with Gasteiger partial charge in [-0.1, -0.05) is 26.8 Å². The molecule has 1 aromatic carbocycles. The zero-order chi connectivity index (χ0) is 15.6. The van der Waals surface area contributed by atoms with Gasteiger partial charge >= 0.3 is 0 Å². The van der Waals surface area contributed by atoms with E-state index >= 15 is 0 Å². The first-order valence-electron chi connectivity index (χ1n) is 7.93. The summed E-state index contributed by atoms with van der Waals surface area (Å²) in [6.45, 7) is 8.93. The van der Waals surface area contributed by atoms with Gasteiger partial charge in [0.2, 0.25) is 0 Å². The molecule has 1 fully saturated rings. The lowest BCUT2D eigenvalue weighted by atomic mass is 9.86. The molecule has 1 aromatic rings. The van der Waals surface area contributed by atoms with E-state index in [0.717, 1.165) is 18.8 Å². The minimum Gasteiger partial charge on any atom is -0.495 e. The van der Waals surface area contributed by atoms with Crippen molar-refractivity contribution in [2.75, 3.05) is 39.2 Å². The van der Waals surface area contributed by atoms with Gasteiger partial charge in [-0.2, -0.15) is 0 Å². The highest BCUT2D eigenvalue weighted by Crippen LogP contribution is 2.35. The summed E-state index contributed by atoms with van der Waals surface area (Å²) in [5.41, 5.74) is 2.72. The molecule has 0 amide bonds. The standard InChI is InChI=1S/C18H30N2O/c1-18(2,3)14-7-8-16(17(13-14)21-6)20-11-9-15(10-12-20)19(4)5/h7-8,13,15H,9-12H2,1-6H3. The van der Waals surface area contributed by atoms with Crippen LogP contribution in [0.5, 0.6) is 5.75 Å². The third-order valence-corrected chi connectivity index (χ3v) is 4.58. The highest BCUT2D eigenvalue weighted by atomic mass is 16.5. The molecule has 3 nitrogen and oxygen atoms in total. The fourth-order valence-corrected chi connectivity index (χ4v) is 3.03. The first-order valence-corrected chi connectivity index (χ1v) is 7.93. The number of hydrogen-bond donors (Lipinski definition) is 0. The molecule has 0 spiro atoms. The number of piperidine rings is 1. The van der Waals surface area contributed by atoms with Crippen LogP contribution in [-0.4, -0.2) is 45.2 Å². The van der Waals surface area contributed by atoms with Crippen LogP contribution < -0.4 is 9.64 Å². The summed E-state index contributed by atoms with van der Waals surface area (Å²) in [6.07, 6.45) is 2.44. The molecule has 0 aromatic heterocycles. The van der Waals surface area contributed by atoms with Gasteiger partial charge in [-0.3, -0.25) is 0 Å². The van der Waals surface area contributed by atoms with Crippen LogP contribution >= 0.6 is 0 Å². The fraction of sp³-hybridized carbons (Fsp3) is 0.667. The zero-order valence-corrected chi connectivity index (χ0v) is 14.4. The van der Waals surface area contributed by atoms with Crippen LogP contribution in [-0.2, 0) is 5.41 Å². The van der Waals surface area contributed by atoms with Crippen LogP contribution in [0.25, 0.3) is 0 Å². The predicted molar refractivity (Wildman–Crippen MR) is 90.6 cm³/mol. The van der Waals surface area contributed by atoms with E-state index < -0.39 is 0 Å². The molecule has 118 valence electrons. The second-order valence-electron chi connectivity index (χ2n) is 7.32. The summed E-state index contributed by atoms with van der Waals surface area (Å²) in [5.74, 6) is 1.01. The van der Waals surface area contributed by atoms with E-state index in [2.05, 4.69) is 62.9 Å². The van der Waals surface area contributed by atoms with Crippen molar-refractivity contribution in [3.63, 3.8) is 0 Å². The molecular weight excluding hydrogens is 260 g/mol. The molecule has 0 aliphatic carbocycles. The monoisotopic (exact) mass is 290 g/mol. The van der Waals surface area contributed by atoms with E-state index in [0.29, 0.717) is 6.04 Å². The Morgan fingerprint density at radius 2 is 1.76 bits per heavy atom. The van der Waals surface area contributed by atoms with Crippen LogP contribution in [0, 0.1) is 0 Å². The molecule has 3 heteroatoms. The van der Waals surface area contributed by atoms with E-state index in [1.807, 2.05) is 0 Å². The summed E-state index contributed by atoms with van der Waals surface area (Å²) >= 11 is 0. The Morgan fingerprint density at radius 1 is 1.14 bits per heavy atom.